The lowest BCUT2D eigenvalue weighted by Crippen LogP contribution is -2.15. The lowest BCUT2D eigenvalue weighted by atomic mass is 10.2. The predicted molar refractivity (Wildman–Crippen MR) is 70.5 cm³/mol. The van der Waals surface area contributed by atoms with Gasteiger partial charge in [-0.1, -0.05) is 24.1 Å². The molecule has 0 unspecified atom stereocenters. The summed E-state index contributed by atoms with van der Waals surface area (Å²) in [5.74, 6) is 5.92. The van der Waals surface area contributed by atoms with Gasteiger partial charge in [0.05, 0.1) is 0 Å². The summed E-state index contributed by atoms with van der Waals surface area (Å²) in [6.07, 6.45) is 12.2. The summed E-state index contributed by atoms with van der Waals surface area (Å²) in [6, 6.07) is 7.88. The molecule has 88 valence electrons. The molecule has 1 aromatic carbocycles. The van der Waals surface area contributed by atoms with Crippen LogP contribution in [0.5, 0.6) is 5.75 Å². The zero-order valence-electron chi connectivity index (χ0n) is 9.91. The predicted octanol–water partition coefficient (Wildman–Crippen LogP) is 2.20. The van der Waals surface area contributed by atoms with Crippen molar-refractivity contribution in [3.05, 3.63) is 29.8 Å². The third-order valence-corrected chi connectivity index (χ3v) is 2.27. The molecule has 0 radical (unpaired) electrons. The second-order valence-corrected chi connectivity index (χ2v) is 3.58. The summed E-state index contributed by atoms with van der Waals surface area (Å²) in [5.41, 5.74) is 1.11. The lowest BCUT2D eigenvalue weighted by molar-refractivity contribution is 0.365. The number of ether oxygens (including phenoxy) is 1. The van der Waals surface area contributed by atoms with Gasteiger partial charge >= 0.3 is 0 Å². The van der Waals surface area contributed by atoms with Gasteiger partial charge in [0.25, 0.3) is 0 Å². The van der Waals surface area contributed by atoms with Crippen LogP contribution in [-0.4, -0.2) is 13.2 Å². The van der Waals surface area contributed by atoms with E-state index in [9.17, 15) is 0 Å². The van der Waals surface area contributed by atoms with Gasteiger partial charge in [-0.3, -0.25) is 0 Å². The Hall–Kier alpha value is -1.90. The van der Waals surface area contributed by atoms with Gasteiger partial charge in [0.2, 0.25) is 0 Å². The maximum atomic E-state index is 5.46. The number of rotatable bonds is 7. The zero-order chi connectivity index (χ0) is 12.3. The summed E-state index contributed by atoms with van der Waals surface area (Å²) in [6.45, 7) is 1.98. The average molecular weight is 227 g/mol. The summed E-state index contributed by atoms with van der Waals surface area (Å²) in [4.78, 5) is 0. The molecule has 2 heteroatoms. The van der Waals surface area contributed by atoms with Crippen molar-refractivity contribution in [3.63, 3.8) is 0 Å². The van der Waals surface area contributed by atoms with Crippen molar-refractivity contribution in [1.82, 2.24) is 5.32 Å². The van der Waals surface area contributed by atoms with Crippen LogP contribution in [0.2, 0.25) is 0 Å². The number of hydrogen-bond acceptors (Lipinski definition) is 2. The van der Waals surface area contributed by atoms with Gasteiger partial charge in [-0.15, -0.1) is 18.8 Å². The highest BCUT2D eigenvalue weighted by Crippen LogP contribution is 2.17. The lowest BCUT2D eigenvalue weighted by Gasteiger charge is -2.10. The third kappa shape index (κ3) is 5.11. The Balaban J connectivity index is 2.41. The Morgan fingerprint density at radius 3 is 2.76 bits per heavy atom. The first-order chi connectivity index (χ1) is 8.38. The number of hydrogen-bond donors (Lipinski definition) is 1. The van der Waals surface area contributed by atoms with E-state index in [1.807, 2.05) is 24.3 Å². The highest BCUT2D eigenvalue weighted by Gasteiger charge is 2.01. The van der Waals surface area contributed by atoms with Crippen LogP contribution in [0.15, 0.2) is 24.3 Å². The van der Waals surface area contributed by atoms with Crippen LogP contribution in [0.25, 0.3) is 0 Å². The summed E-state index contributed by atoms with van der Waals surface area (Å²) >= 11 is 0. The molecule has 1 N–H and O–H groups in total. The Kier molecular flexibility index (Phi) is 6.41. The van der Waals surface area contributed by atoms with E-state index >= 15 is 0 Å². The second kappa shape index (κ2) is 8.28. The molecule has 1 aromatic rings. The monoisotopic (exact) mass is 227 g/mol. The van der Waals surface area contributed by atoms with Crippen LogP contribution in [0.4, 0.5) is 0 Å². The van der Waals surface area contributed by atoms with Gasteiger partial charge in [-0.05, 0) is 19.0 Å². The van der Waals surface area contributed by atoms with E-state index in [-0.39, 0.29) is 0 Å². The van der Waals surface area contributed by atoms with Crippen LogP contribution in [0.3, 0.4) is 0 Å². The molecule has 0 saturated heterocycles. The van der Waals surface area contributed by atoms with Gasteiger partial charge in [0, 0.05) is 18.5 Å². The van der Waals surface area contributed by atoms with Crippen LogP contribution >= 0.6 is 0 Å². The number of nitrogens with one attached hydrogen (secondary N) is 1. The Labute approximate surface area is 103 Å². The van der Waals surface area contributed by atoms with Crippen molar-refractivity contribution in [2.75, 3.05) is 13.2 Å². The van der Waals surface area contributed by atoms with Crippen molar-refractivity contribution in [2.24, 2.45) is 0 Å². The highest BCUT2D eigenvalue weighted by atomic mass is 16.5. The summed E-state index contributed by atoms with van der Waals surface area (Å²) in [5, 5.41) is 3.33. The van der Waals surface area contributed by atoms with Crippen molar-refractivity contribution in [1.29, 1.82) is 0 Å². The third-order valence-electron chi connectivity index (χ3n) is 2.27. The molecule has 0 amide bonds. The number of para-hydroxylation sites is 1. The van der Waals surface area contributed by atoms with Crippen molar-refractivity contribution in [2.45, 2.75) is 19.4 Å². The Morgan fingerprint density at radius 1 is 1.18 bits per heavy atom. The quantitative estimate of drug-likeness (QED) is 0.569. The van der Waals surface area contributed by atoms with Crippen LogP contribution in [-0.2, 0) is 6.54 Å². The van der Waals surface area contributed by atoms with Gasteiger partial charge in [0.1, 0.15) is 12.4 Å². The number of unbranched alkanes of at least 4 members (excludes halogenated alkanes) is 1. The van der Waals surface area contributed by atoms with E-state index in [1.54, 1.807) is 0 Å². The van der Waals surface area contributed by atoms with Gasteiger partial charge < -0.3 is 10.1 Å². The average Bonchev–Trinajstić information content (AvgIpc) is 2.37. The normalized spacial score (nSPS) is 9.29. The summed E-state index contributed by atoms with van der Waals surface area (Å²) in [7, 11) is 0. The molecule has 0 aromatic heterocycles. The van der Waals surface area contributed by atoms with Gasteiger partial charge in [-0.2, -0.15) is 0 Å². The minimum absolute atomic E-state index is 0.300. The van der Waals surface area contributed by atoms with E-state index < -0.39 is 0 Å². The first-order valence-corrected chi connectivity index (χ1v) is 5.67. The smallest absolute Gasteiger partial charge is 0.148 e. The zero-order valence-corrected chi connectivity index (χ0v) is 9.91. The molecule has 0 atom stereocenters. The molecule has 0 fully saturated rings. The fourth-order valence-corrected chi connectivity index (χ4v) is 1.45. The topological polar surface area (TPSA) is 21.3 Å². The number of terminal acetylenes is 2. The highest BCUT2D eigenvalue weighted by molar-refractivity contribution is 5.33. The first kappa shape index (κ1) is 13.2. The van der Waals surface area contributed by atoms with Gasteiger partial charge in [-0.25, -0.2) is 0 Å². The van der Waals surface area contributed by atoms with Crippen molar-refractivity contribution >= 4 is 0 Å². The van der Waals surface area contributed by atoms with Crippen molar-refractivity contribution in [3.8, 4) is 30.4 Å². The second-order valence-electron chi connectivity index (χ2n) is 3.58. The van der Waals surface area contributed by atoms with E-state index in [4.69, 9.17) is 17.6 Å². The molecule has 0 aliphatic carbocycles. The van der Waals surface area contributed by atoms with E-state index in [0.29, 0.717) is 6.61 Å². The summed E-state index contributed by atoms with van der Waals surface area (Å²) < 4.78 is 5.46. The number of benzene rings is 1. The molecular weight excluding hydrogens is 210 g/mol. The van der Waals surface area contributed by atoms with Gasteiger partial charge in [0.15, 0.2) is 0 Å². The fourth-order valence-electron chi connectivity index (χ4n) is 1.45. The molecule has 0 aliphatic rings. The Bertz CT molecular complexity index is 412. The SMILES string of the molecule is C#CCCCNCc1ccccc1OCC#C. The molecule has 0 bridgehead atoms. The molecule has 0 aliphatic heterocycles. The van der Waals surface area contributed by atoms with E-state index in [2.05, 4.69) is 17.2 Å². The van der Waals surface area contributed by atoms with E-state index in [0.717, 1.165) is 37.2 Å². The first-order valence-electron chi connectivity index (χ1n) is 5.67. The maximum Gasteiger partial charge on any atom is 0.148 e. The molecule has 0 heterocycles. The molecular formula is C15H17NO. The van der Waals surface area contributed by atoms with Crippen LogP contribution in [0, 0.1) is 24.7 Å². The Morgan fingerprint density at radius 2 is 2.00 bits per heavy atom. The molecule has 0 spiro atoms. The standard InChI is InChI=1S/C15H17NO/c1-3-5-8-11-16-13-14-9-6-7-10-15(14)17-12-4-2/h1-2,6-7,9-10,16H,5,8,11-13H2. The van der Waals surface area contributed by atoms with Crippen LogP contribution in [0.1, 0.15) is 18.4 Å². The van der Waals surface area contributed by atoms with Crippen LogP contribution < -0.4 is 10.1 Å². The fraction of sp³-hybridized carbons (Fsp3) is 0.333. The largest absolute Gasteiger partial charge is 0.481 e. The van der Waals surface area contributed by atoms with E-state index in [1.165, 1.54) is 0 Å². The molecule has 2 nitrogen and oxygen atoms in total. The maximum absolute atomic E-state index is 5.46. The molecule has 1 rings (SSSR count). The molecule has 0 saturated carbocycles. The minimum Gasteiger partial charge on any atom is -0.481 e. The minimum atomic E-state index is 0.300. The van der Waals surface area contributed by atoms with Crippen molar-refractivity contribution < 1.29 is 4.74 Å². The molecule has 17 heavy (non-hydrogen) atoms.